The number of nitrogens with zero attached hydrogens (tertiary/aromatic N) is 7. The number of rotatable bonds is 10. The third-order valence-corrected chi connectivity index (χ3v) is 10.8. The Morgan fingerprint density at radius 1 is 0.962 bits per heavy atom. The number of ether oxygens (including phenoxy) is 2. The van der Waals surface area contributed by atoms with Gasteiger partial charge < -0.3 is 33.6 Å². The number of anilines is 1. The minimum atomic E-state index is -0.431. The van der Waals surface area contributed by atoms with Gasteiger partial charge in [-0.2, -0.15) is 5.10 Å². The van der Waals surface area contributed by atoms with Crippen LogP contribution in [0.4, 0.5) is 5.69 Å². The van der Waals surface area contributed by atoms with Gasteiger partial charge in [-0.15, -0.1) is 0 Å². The molecule has 2 aliphatic rings. The summed E-state index contributed by atoms with van der Waals surface area (Å²) in [7, 11) is 9.46. The van der Waals surface area contributed by atoms with Gasteiger partial charge in [0.1, 0.15) is 5.75 Å². The van der Waals surface area contributed by atoms with Gasteiger partial charge in [0.15, 0.2) is 5.82 Å². The monoisotopic (exact) mass is 731 g/mol. The van der Waals surface area contributed by atoms with E-state index in [9.17, 15) is 14.4 Å². The molecule has 0 radical (unpaired) electrons. The molecular weight excluding hydrogens is 684 g/mol. The first kappa shape index (κ1) is 37.1. The summed E-state index contributed by atoms with van der Waals surface area (Å²) < 4.78 is 15.5. The molecule has 4 aromatic rings. The summed E-state index contributed by atoms with van der Waals surface area (Å²) in [5.74, 6) is 0.460. The number of amides is 3. The first-order valence-corrected chi connectivity index (χ1v) is 18.0. The van der Waals surface area contributed by atoms with E-state index in [-0.39, 0.29) is 28.6 Å². The molecule has 276 valence electrons. The maximum Gasteiger partial charge on any atom is 0.291 e. The van der Waals surface area contributed by atoms with E-state index in [0.717, 1.165) is 52.8 Å². The molecule has 0 spiro atoms. The average molecular weight is 732 g/mol. The fourth-order valence-corrected chi connectivity index (χ4v) is 7.36. The number of halogens is 1. The normalized spacial score (nSPS) is 16.2. The highest BCUT2D eigenvalue weighted by atomic mass is 35.5. The molecule has 2 aromatic heterocycles. The van der Waals surface area contributed by atoms with Crippen LogP contribution in [0.25, 0.3) is 22.4 Å². The van der Waals surface area contributed by atoms with Gasteiger partial charge in [-0.25, -0.2) is 4.98 Å². The fourth-order valence-electron chi connectivity index (χ4n) is 7.10. The van der Waals surface area contributed by atoms with Crippen molar-refractivity contribution in [1.29, 1.82) is 0 Å². The number of carbonyl (C=O) groups excluding carboxylic acids is 3. The summed E-state index contributed by atoms with van der Waals surface area (Å²) >= 11 is 6.61. The average Bonchev–Trinajstić information content (AvgIpc) is 3.71. The second kappa shape index (κ2) is 15.5. The maximum atomic E-state index is 13.4. The van der Waals surface area contributed by atoms with Crippen molar-refractivity contribution in [2.75, 3.05) is 79.5 Å². The summed E-state index contributed by atoms with van der Waals surface area (Å²) in [6.07, 6.45) is 5.27. The van der Waals surface area contributed by atoms with Gasteiger partial charge in [0.05, 0.1) is 76.1 Å². The lowest BCUT2D eigenvalue weighted by Crippen LogP contribution is -2.54. The van der Waals surface area contributed by atoms with Crippen molar-refractivity contribution in [2.45, 2.75) is 26.3 Å². The molecule has 0 bridgehead atoms. The quantitative estimate of drug-likeness (QED) is 0.237. The number of likely N-dealkylation sites (tertiary alicyclic amines) is 1. The second-order valence-corrected chi connectivity index (χ2v) is 14.6. The van der Waals surface area contributed by atoms with Crippen LogP contribution in [0.5, 0.6) is 5.75 Å². The highest BCUT2D eigenvalue weighted by Crippen LogP contribution is 2.35. The Kier molecular flexibility index (Phi) is 11.0. The Morgan fingerprint density at radius 2 is 1.67 bits per heavy atom. The first-order valence-electron chi connectivity index (χ1n) is 17.6. The van der Waals surface area contributed by atoms with E-state index in [0.29, 0.717) is 62.0 Å². The predicted octanol–water partition coefficient (Wildman–Crippen LogP) is 4.59. The SMILES string of the molecule is COCCn1ncc(-c2ccc(-c3cnc(C(=O)Nc4ccc(C(=O)N5CCN(C(=O)C6CC[N+](C)(C)CC6)CC5)c(Cl)c4)n3C)c(OC)c2)c1C. The van der Waals surface area contributed by atoms with Crippen LogP contribution in [0.2, 0.25) is 5.02 Å². The summed E-state index contributed by atoms with van der Waals surface area (Å²) in [6.45, 7) is 7.16. The van der Waals surface area contributed by atoms with Crippen molar-refractivity contribution in [2.24, 2.45) is 13.0 Å². The third kappa shape index (κ3) is 7.71. The minimum Gasteiger partial charge on any atom is -0.496 e. The molecule has 13 nitrogen and oxygen atoms in total. The molecule has 4 heterocycles. The van der Waals surface area contributed by atoms with Crippen LogP contribution in [0, 0.1) is 12.8 Å². The number of piperidine rings is 1. The van der Waals surface area contributed by atoms with Crippen LogP contribution < -0.4 is 10.1 Å². The van der Waals surface area contributed by atoms with Crippen molar-refractivity contribution in [1.82, 2.24) is 29.1 Å². The molecule has 0 atom stereocenters. The van der Waals surface area contributed by atoms with E-state index in [1.165, 1.54) is 0 Å². The molecule has 0 aliphatic carbocycles. The van der Waals surface area contributed by atoms with Gasteiger partial charge in [-0.3, -0.25) is 19.1 Å². The molecule has 2 saturated heterocycles. The molecule has 14 heteroatoms. The van der Waals surface area contributed by atoms with E-state index < -0.39 is 5.91 Å². The Bertz CT molecular complexity index is 1950. The molecule has 2 fully saturated rings. The number of carbonyl (C=O) groups is 3. The van der Waals surface area contributed by atoms with Gasteiger partial charge in [0.2, 0.25) is 5.91 Å². The van der Waals surface area contributed by atoms with Crippen LogP contribution in [0.1, 0.15) is 39.5 Å². The van der Waals surface area contributed by atoms with Crippen LogP contribution in [0.3, 0.4) is 0 Å². The molecule has 6 rings (SSSR count). The van der Waals surface area contributed by atoms with Crippen LogP contribution in [-0.4, -0.2) is 126 Å². The number of piperazine rings is 1. The van der Waals surface area contributed by atoms with Crippen LogP contribution in [0.15, 0.2) is 48.8 Å². The number of nitrogens with one attached hydrogen (secondary N) is 1. The van der Waals surface area contributed by atoms with E-state index in [4.69, 9.17) is 21.1 Å². The number of hydrogen-bond donors (Lipinski definition) is 1. The lowest BCUT2D eigenvalue weighted by atomic mass is 9.94. The Labute approximate surface area is 309 Å². The fraction of sp³-hybridized carbons (Fsp3) is 0.447. The molecule has 0 saturated carbocycles. The Morgan fingerprint density at radius 3 is 2.35 bits per heavy atom. The van der Waals surface area contributed by atoms with E-state index in [2.05, 4.69) is 29.5 Å². The molecule has 2 aliphatic heterocycles. The van der Waals surface area contributed by atoms with Crippen molar-refractivity contribution in [3.05, 3.63) is 70.9 Å². The summed E-state index contributed by atoms with van der Waals surface area (Å²) in [5.41, 5.74) is 5.22. The maximum absolute atomic E-state index is 13.4. The summed E-state index contributed by atoms with van der Waals surface area (Å²) in [5, 5.41) is 7.59. The van der Waals surface area contributed by atoms with Gasteiger partial charge in [-0.05, 0) is 42.8 Å². The van der Waals surface area contributed by atoms with Gasteiger partial charge in [-0.1, -0.05) is 17.7 Å². The zero-order valence-corrected chi connectivity index (χ0v) is 31.6. The van der Waals surface area contributed by atoms with Crippen LogP contribution in [-0.2, 0) is 23.1 Å². The highest BCUT2D eigenvalue weighted by molar-refractivity contribution is 6.34. The predicted molar refractivity (Wildman–Crippen MR) is 199 cm³/mol. The minimum absolute atomic E-state index is 0.0656. The molecule has 52 heavy (non-hydrogen) atoms. The van der Waals surface area contributed by atoms with Crippen molar-refractivity contribution < 1.29 is 28.3 Å². The third-order valence-electron chi connectivity index (χ3n) is 10.4. The number of hydrogen-bond acceptors (Lipinski definition) is 7. The van der Waals surface area contributed by atoms with Gasteiger partial charge in [0.25, 0.3) is 11.8 Å². The topological polar surface area (TPSA) is 124 Å². The van der Waals surface area contributed by atoms with E-state index in [1.54, 1.807) is 55.1 Å². The number of imidazole rings is 1. The number of methoxy groups -OCH3 is 2. The molecular formula is C38H48ClN8O5+. The smallest absolute Gasteiger partial charge is 0.291 e. The summed E-state index contributed by atoms with van der Waals surface area (Å²) in [4.78, 5) is 48.0. The molecule has 1 N–H and O–H groups in total. The number of quaternary nitrogens is 1. The Balaban J connectivity index is 1.08. The zero-order chi connectivity index (χ0) is 37.2. The standard InChI is InChI=1S/C38H47ClN8O5/c1-25-31(23-41-46(25)17-20-51-5)27-7-9-30(34(21-27)52-6)33-24-40-35(43(33)2)36(48)42-28-8-10-29(32(39)22-28)38(50)45-15-13-44(14-16-45)37(49)26-11-18-47(3,4)19-12-26/h7-10,21-24,26H,11-20H2,1-6H3/p+1. The van der Waals surface area contributed by atoms with Crippen LogP contribution >= 0.6 is 11.6 Å². The second-order valence-electron chi connectivity index (χ2n) is 14.2. The molecule has 0 unspecified atom stereocenters. The summed E-state index contributed by atoms with van der Waals surface area (Å²) in [6, 6.07) is 10.7. The molecule has 3 amide bonds. The van der Waals surface area contributed by atoms with Crippen molar-refractivity contribution in [3.8, 4) is 28.1 Å². The number of benzene rings is 2. The highest BCUT2D eigenvalue weighted by Gasteiger charge is 2.35. The number of aromatic nitrogens is 4. The van der Waals surface area contributed by atoms with E-state index >= 15 is 0 Å². The zero-order valence-electron chi connectivity index (χ0n) is 30.8. The van der Waals surface area contributed by atoms with Gasteiger partial charge in [0, 0.05) is 81.6 Å². The first-order chi connectivity index (χ1) is 24.9. The van der Waals surface area contributed by atoms with Crippen molar-refractivity contribution in [3.63, 3.8) is 0 Å². The van der Waals surface area contributed by atoms with Crippen molar-refractivity contribution >= 4 is 35.0 Å². The lowest BCUT2D eigenvalue weighted by molar-refractivity contribution is -0.895. The van der Waals surface area contributed by atoms with E-state index in [1.807, 2.05) is 40.9 Å². The largest absolute Gasteiger partial charge is 0.496 e. The van der Waals surface area contributed by atoms with Gasteiger partial charge >= 0.3 is 0 Å². The molecule has 2 aromatic carbocycles. The Hall–Kier alpha value is -4.72. The lowest BCUT2D eigenvalue weighted by Gasteiger charge is -2.40.